The SMILES string of the molecule is CONC(=O)C(C)(CCn1ccc(C)cc1=O)S(C)(=O)=O. The van der Waals surface area contributed by atoms with Gasteiger partial charge in [0.15, 0.2) is 14.6 Å². The quantitative estimate of drug-likeness (QED) is 0.747. The zero-order valence-corrected chi connectivity index (χ0v) is 13.4. The monoisotopic (exact) mass is 316 g/mol. The molecule has 0 radical (unpaired) electrons. The second kappa shape index (κ2) is 6.40. The molecule has 0 aromatic carbocycles. The number of aromatic nitrogens is 1. The van der Waals surface area contributed by atoms with Gasteiger partial charge in [0.2, 0.25) is 0 Å². The van der Waals surface area contributed by atoms with Crippen molar-refractivity contribution >= 4 is 15.7 Å². The van der Waals surface area contributed by atoms with E-state index in [9.17, 15) is 18.0 Å². The van der Waals surface area contributed by atoms with Crippen molar-refractivity contribution in [1.82, 2.24) is 10.0 Å². The number of nitrogens with one attached hydrogen (secondary N) is 1. The van der Waals surface area contributed by atoms with Gasteiger partial charge < -0.3 is 4.57 Å². The van der Waals surface area contributed by atoms with Crippen LogP contribution in [-0.4, -0.2) is 37.0 Å². The van der Waals surface area contributed by atoms with Crippen LogP contribution < -0.4 is 11.0 Å². The maximum atomic E-state index is 12.0. The van der Waals surface area contributed by atoms with Gasteiger partial charge in [0, 0.05) is 25.1 Å². The van der Waals surface area contributed by atoms with Gasteiger partial charge in [-0.15, -0.1) is 0 Å². The molecule has 0 saturated heterocycles. The molecular formula is C13H20N2O5S. The fourth-order valence-corrected chi connectivity index (χ4v) is 2.63. The van der Waals surface area contributed by atoms with E-state index >= 15 is 0 Å². The molecule has 1 rings (SSSR count). The summed E-state index contributed by atoms with van der Waals surface area (Å²) in [6.07, 6.45) is 2.53. The van der Waals surface area contributed by atoms with E-state index in [2.05, 4.69) is 4.84 Å². The molecule has 21 heavy (non-hydrogen) atoms. The van der Waals surface area contributed by atoms with Gasteiger partial charge in [-0.2, -0.15) is 0 Å². The normalized spacial score (nSPS) is 14.5. The topological polar surface area (TPSA) is 94.5 Å². The first-order valence-corrected chi connectivity index (χ1v) is 8.21. The molecule has 118 valence electrons. The van der Waals surface area contributed by atoms with Crippen molar-refractivity contribution < 1.29 is 18.0 Å². The van der Waals surface area contributed by atoms with Gasteiger partial charge in [-0.3, -0.25) is 14.4 Å². The molecular weight excluding hydrogens is 296 g/mol. The molecule has 0 bridgehead atoms. The van der Waals surface area contributed by atoms with Crippen molar-refractivity contribution in [2.75, 3.05) is 13.4 Å². The zero-order valence-electron chi connectivity index (χ0n) is 12.5. The van der Waals surface area contributed by atoms with Crippen LogP contribution in [0.25, 0.3) is 0 Å². The van der Waals surface area contributed by atoms with E-state index in [1.165, 1.54) is 24.7 Å². The maximum Gasteiger partial charge on any atom is 0.264 e. The third kappa shape index (κ3) is 3.92. The lowest BCUT2D eigenvalue weighted by Crippen LogP contribution is -2.50. The lowest BCUT2D eigenvalue weighted by Gasteiger charge is -2.26. The molecule has 1 unspecified atom stereocenters. The van der Waals surface area contributed by atoms with Crippen LogP contribution in [0.1, 0.15) is 18.9 Å². The van der Waals surface area contributed by atoms with Crippen LogP contribution in [-0.2, 0) is 26.0 Å². The smallest absolute Gasteiger partial charge is 0.264 e. The Balaban J connectivity index is 3.04. The Kier molecular flexibility index (Phi) is 5.30. The Hall–Kier alpha value is -1.67. The molecule has 1 N–H and O–H groups in total. The molecule has 0 aliphatic rings. The second-order valence-corrected chi connectivity index (χ2v) is 7.57. The number of carbonyl (C=O) groups excluding carboxylic acids is 1. The number of rotatable bonds is 6. The summed E-state index contributed by atoms with van der Waals surface area (Å²) in [4.78, 5) is 28.3. The minimum absolute atomic E-state index is 0.0377. The molecule has 0 aliphatic carbocycles. The first kappa shape index (κ1) is 17.4. The van der Waals surface area contributed by atoms with Crippen molar-refractivity contribution in [1.29, 1.82) is 0 Å². The predicted octanol–water partition coefficient (Wildman–Crippen LogP) is 0.0277. The van der Waals surface area contributed by atoms with Crippen LogP contribution in [0.2, 0.25) is 0 Å². The first-order valence-electron chi connectivity index (χ1n) is 6.32. The standard InChI is InChI=1S/C13H20N2O5S/c1-10-5-7-15(11(16)9-10)8-6-13(2,21(4,18)19)12(17)14-20-3/h5,7,9H,6,8H2,1-4H3,(H,14,17). The number of amides is 1. The summed E-state index contributed by atoms with van der Waals surface area (Å²) in [7, 11) is -2.46. The molecule has 0 fully saturated rings. The molecule has 1 heterocycles. The van der Waals surface area contributed by atoms with Crippen LogP contribution in [0.15, 0.2) is 23.1 Å². The molecule has 7 nitrogen and oxygen atoms in total. The van der Waals surface area contributed by atoms with Gasteiger partial charge in [-0.1, -0.05) is 0 Å². The number of nitrogens with zero attached hydrogens (tertiary/aromatic N) is 1. The summed E-state index contributed by atoms with van der Waals surface area (Å²) in [5.74, 6) is -0.757. The number of pyridine rings is 1. The number of aryl methyl sites for hydroxylation is 2. The highest BCUT2D eigenvalue weighted by molar-refractivity contribution is 7.92. The molecule has 1 atom stereocenters. The summed E-state index contributed by atoms with van der Waals surface area (Å²) in [5.41, 5.74) is 2.63. The minimum atomic E-state index is -3.68. The highest BCUT2D eigenvalue weighted by Gasteiger charge is 2.43. The molecule has 8 heteroatoms. The van der Waals surface area contributed by atoms with Gasteiger partial charge in [0.25, 0.3) is 11.5 Å². The van der Waals surface area contributed by atoms with Crippen molar-refractivity contribution in [2.24, 2.45) is 0 Å². The highest BCUT2D eigenvalue weighted by atomic mass is 32.2. The van der Waals surface area contributed by atoms with E-state index in [-0.39, 0.29) is 18.5 Å². The average Bonchev–Trinajstić information content (AvgIpc) is 2.36. The van der Waals surface area contributed by atoms with E-state index in [0.717, 1.165) is 11.8 Å². The van der Waals surface area contributed by atoms with Gasteiger partial charge in [0.1, 0.15) is 0 Å². The van der Waals surface area contributed by atoms with Crippen LogP contribution >= 0.6 is 0 Å². The third-order valence-electron chi connectivity index (χ3n) is 3.47. The molecule has 0 saturated carbocycles. The summed E-state index contributed by atoms with van der Waals surface area (Å²) in [6, 6.07) is 3.20. The Bertz CT molecular complexity index is 680. The second-order valence-electron chi connectivity index (χ2n) is 5.12. The Morgan fingerprint density at radius 1 is 1.48 bits per heavy atom. The summed E-state index contributed by atoms with van der Waals surface area (Å²) < 4.78 is 23.6. The predicted molar refractivity (Wildman–Crippen MR) is 78.5 cm³/mol. The van der Waals surface area contributed by atoms with E-state index in [1.54, 1.807) is 19.2 Å². The zero-order chi connectivity index (χ0) is 16.3. The lowest BCUT2D eigenvalue weighted by molar-refractivity contribution is -0.133. The van der Waals surface area contributed by atoms with Gasteiger partial charge >= 0.3 is 0 Å². The molecule has 1 aromatic heterocycles. The summed E-state index contributed by atoms with van der Waals surface area (Å²) >= 11 is 0. The van der Waals surface area contributed by atoms with Crippen LogP contribution in [0, 0.1) is 6.92 Å². The van der Waals surface area contributed by atoms with Crippen molar-refractivity contribution in [2.45, 2.75) is 31.6 Å². The summed E-state index contributed by atoms with van der Waals surface area (Å²) in [6.45, 7) is 3.22. The number of hydrogen-bond acceptors (Lipinski definition) is 5. The van der Waals surface area contributed by atoms with Crippen LogP contribution in [0.3, 0.4) is 0 Å². The number of hydrogen-bond donors (Lipinski definition) is 1. The Morgan fingerprint density at radius 3 is 2.57 bits per heavy atom. The van der Waals surface area contributed by atoms with Crippen molar-refractivity contribution in [3.05, 3.63) is 34.2 Å². The number of carbonyl (C=O) groups is 1. The largest absolute Gasteiger partial charge is 0.315 e. The fourth-order valence-electron chi connectivity index (χ4n) is 1.79. The van der Waals surface area contributed by atoms with Gasteiger partial charge in [-0.25, -0.2) is 13.9 Å². The van der Waals surface area contributed by atoms with Gasteiger partial charge in [-0.05, 0) is 31.9 Å². The van der Waals surface area contributed by atoms with Gasteiger partial charge in [0.05, 0.1) is 7.11 Å². The summed E-state index contributed by atoms with van der Waals surface area (Å²) in [5, 5.41) is 0. The fraction of sp³-hybridized carbons (Fsp3) is 0.538. The first-order chi connectivity index (χ1) is 9.61. The highest BCUT2D eigenvalue weighted by Crippen LogP contribution is 2.22. The molecule has 1 amide bonds. The molecule has 0 spiro atoms. The molecule has 0 aliphatic heterocycles. The maximum absolute atomic E-state index is 12.0. The van der Waals surface area contributed by atoms with E-state index < -0.39 is 20.5 Å². The van der Waals surface area contributed by atoms with Crippen LogP contribution in [0.5, 0.6) is 0 Å². The number of hydroxylamine groups is 1. The Labute approximate surface area is 123 Å². The van der Waals surface area contributed by atoms with E-state index in [1.807, 2.05) is 5.48 Å². The minimum Gasteiger partial charge on any atom is -0.315 e. The van der Waals surface area contributed by atoms with E-state index in [0.29, 0.717) is 0 Å². The lowest BCUT2D eigenvalue weighted by atomic mass is 10.1. The third-order valence-corrected chi connectivity index (χ3v) is 5.50. The molecule has 1 aromatic rings. The number of sulfone groups is 1. The Morgan fingerprint density at radius 2 is 2.10 bits per heavy atom. The van der Waals surface area contributed by atoms with E-state index in [4.69, 9.17) is 0 Å². The average molecular weight is 316 g/mol. The van der Waals surface area contributed by atoms with Crippen molar-refractivity contribution in [3.8, 4) is 0 Å². The van der Waals surface area contributed by atoms with Crippen LogP contribution in [0.4, 0.5) is 0 Å². The van der Waals surface area contributed by atoms with Crippen molar-refractivity contribution in [3.63, 3.8) is 0 Å².